The predicted octanol–water partition coefficient (Wildman–Crippen LogP) is 2.52. The molecule has 1 aromatic carbocycles. The van der Waals surface area contributed by atoms with Crippen LogP contribution in [0.25, 0.3) is 0 Å². The first-order chi connectivity index (χ1) is 10.3. The van der Waals surface area contributed by atoms with E-state index < -0.39 is 24.0 Å². The molecule has 0 radical (unpaired) electrons. The Morgan fingerprint density at radius 3 is 2.23 bits per heavy atom. The van der Waals surface area contributed by atoms with Crippen molar-refractivity contribution in [3.8, 4) is 0 Å². The highest BCUT2D eigenvalue weighted by molar-refractivity contribution is 6.01. The van der Waals surface area contributed by atoms with Crippen molar-refractivity contribution >= 4 is 17.9 Å². The summed E-state index contributed by atoms with van der Waals surface area (Å²) in [5.41, 5.74) is 0.309. The van der Waals surface area contributed by atoms with Gasteiger partial charge in [0.1, 0.15) is 6.10 Å². The van der Waals surface area contributed by atoms with Crippen LogP contribution >= 0.6 is 0 Å². The van der Waals surface area contributed by atoms with Gasteiger partial charge < -0.3 is 14.9 Å². The average molecular weight is 306 g/mol. The van der Waals surface area contributed by atoms with Gasteiger partial charge in [-0.25, -0.2) is 14.4 Å². The summed E-state index contributed by atoms with van der Waals surface area (Å²) in [4.78, 5) is 33.7. The number of rotatable bonds is 7. The number of aromatic carboxylic acids is 2. The van der Waals surface area contributed by atoms with E-state index in [1.54, 1.807) is 6.92 Å². The number of ether oxygens (including phenoxy) is 1. The van der Waals surface area contributed by atoms with Crippen LogP contribution in [-0.4, -0.2) is 34.2 Å². The van der Waals surface area contributed by atoms with E-state index in [0.29, 0.717) is 18.4 Å². The molecule has 1 aromatic rings. The second-order valence-corrected chi connectivity index (χ2v) is 4.91. The molecule has 6 heteroatoms. The van der Waals surface area contributed by atoms with Crippen molar-refractivity contribution in [1.29, 1.82) is 0 Å². The maximum absolute atomic E-state index is 11.5. The molecule has 0 aliphatic rings. The number of hydrogen-bond donors (Lipinski definition) is 2. The third-order valence-corrected chi connectivity index (χ3v) is 3.09. The van der Waals surface area contributed by atoms with Crippen LogP contribution in [0.3, 0.4) is 0 Å². The standard InChI is InChI=1S/C16H18O6/c1-4-11(22-16(21)9(2)3)7-10-5-6-12(14(17)18)13(8-10)15(19)20/h5-6,8,11H,2,4,7H2,1,3H3,(H,17,18)(H,19,20). The quantitative estimate of drug-likeness (QED) is 0.593. The molecule has 0 saturated heterocycles. The van der Waals surface area contributed by atoms with Gasteiger partial charge in [0.2, 0.25) is 0 Å². The summed E-state index contributed by atoms with van der Waals surface area (Å²) < 4.78 is 5.24. The Morgan fingerprint density at radius 1 is 1.18 bits per heavy atom. The zero-order valence-corrected chi connectivity index (χ0v) is 12.5. The molecule has 1 atom stereocenters. The van der Waals surface area contributed by atoms with Crippen molar-refractivity contribution in [2.75, 3.05) is 0 Å². The van der Waals surface area contributed by atoms with Gasteiger partial charge in [0.15, 0.2) is 0 Å². The Balaban J connectivity index is 2.99. The van der Waals surface area contributed by atoms with Crippen molar-refractivity contribution in [3.05, 3.63) is 47.0 Å². The molecule has 6 nitrogen and oxygen atoms in total. The summed E-state index contributed by atoms with van der Waals surface area (Å²) in [7, 11) is 0. The van der Waals surface area contributed by atoms with Crippen LogP contribution in [0.15, 0.2) is 30.4 Å². The summed E-state index contributed by atoms with van der Waals surface area (Å²) in [6, 6.07) is 4.06. The third kappa shape index (κ3) is 4.44. The van der Waals surface area contributed by atoms with Crippen molar-refractivity contribution in [2.24, 2.45) is 0 Å². The van der Waals surface area contributed by atoms with Gasteiger partial charge >= 0.3 is 17.9 Å². The van der Waals surface area contributed by atoms with Crippen molar-refractivity contribution in [1.82, 2.24) is 0 Å². The van der Waals surface area contributed by atoms with Crippen molar-refractivity contribution in [2.45, 2.75) is 32.8 Å². The third-order valence-electron chi connectivity index (χ3n) is 3.09. The molecule has 118 valence electrons. The van der Waals surface area contributed by atoms with E-state index in [-0.39, 0.29) is 16.7 Å². The van der Waals surface area contributed by atoms with Gasteiger partial charge in [0.05, 0.1) is 11.1 Å². The lowest BCUT2D eigenvalue weighted by Crippen LogP contribution is -2.20. The van der Waals surface area contributed by atoms with Crippen LogP contribution in [0.5, 0.6) is 0 Å². The fourth-order valence-electron chi connectivity index (χ4n) is 1.87. The number of hydrogen-bond acceptors (Lipinski definition) is 4. The SMILES string of the molecule is C=C(C)C(=O)OC(CC)Cc1ccc(C(=O)O)c(C(=O)O)c1. The van der Waals surface area contributed by atoms with Gasteiger partial charge in [-0.05, 0) is 31.0 Å². The highest BCUT2D eigenvalue weighted by atomic mass is 16.5. The maximum Gasteiger partial charge on any atom is 0.336 e. The second kappa shape index (κ2) is 7.40. The first-order valence-corrected chi connectivity index (χ1v) is 6.72. The minimum Gasteiger partial charge on any atom is -0.478 e. The number of carboxylic acids is 2. The van der Waals surface area contributed by atoms with Gasteiger partial charge in [0, 0.05) is 12.0 Å². The van der Waals surface area contributed by atoms with Crippen LogP contribution < -0.4 is 0 Å². The fourth-order valence-corrected chi connectivity index (χ4v) is 1.87. The largest absolute Gasteiger partial charge is 0.478 e. The van der Waals surface area contributed by atoms with E-state index in [4.69, 9.17) is 14.9 Å². The Bertz CT molecular complexity index is 617. The molecule has 0 spiro atoms. The van der Waals surface area contributed by atoms with E-state index >= 15 is 0 Å². The molecule has 0 aliphatic carbocycles. The minimum atomic E-state index is -1.31. The lowest BCUT2D eigenvalue weighted by molar-refractivity contribution is -0.144. The van der Waals surface area contributed by atoms with E-state index in [1.165, 1.54) is 18.2 Å². The second-order valence-electron chi connectivity index (χ2n) is 4.91. The molecule has 0 bridgehead atoms. The molecule has 0 heterocycles. The van der Waals surface area contributed by atoms with E-state index in [9.17, 15) is 14.4 Å². The first kappa shape index (κ1) is 17.4. The molecule has 1 rings (SSSR count). The van der Waals surface area contributed by atoms with Gasteiger partial charge in [-0.3, -0.25) is 0 Å². The van der Waals surface area contributed by atoms with Crippen molar-refractivity contribution < 1.29 is 29.3 Å². The van der Waals surface area contributed by atoms with Crippen LogP contribution in [0.1, 0.15) is 46.5 Å². The number of carboxylic acid groups (broad SMARTS) is 2. The Labute approximate surface area is 128 Å². The van der Waals surface area contributed by atoms with Gasteiger partial charge in [-0.1, -0.05) is 19.6 Å². The molecule has 22 heavy (non-hydrogen) atoms. The lowest BCUT2D eigenvalue weighted by Gasteiger charge is -2.17. The molecular weight excluding hydrogens is 288 g/mol. The average Bonchev–Trinajstić information content (AvgIpc) is 2.45. The molecule has 0 aromatic heterocycles. The smallest absolute Gasteiger partial charge is 0.336 e. The number of carbonyl (C=O) groups excluding carboxylic acids is 1. The molecule has 0 saturated carbocycles. The predicted molar refractivity (Wildman–Crippen MR) is 79.0 cm³/mol. The molecular formula is C16H18O6. The molecule has 1 unspecified atom stereocenters. The molecule has 0 fully saturated rings. The summed E-state index contributed by atoms with van der Waals surface area (Å²) >= 11 is 0. The molecule has 2 N–H and O–H groups in total. The summed E-state index contributed by atoms with van der Waals surface area (Å²) in [5.74, 6) is -3.12. The lowest BCUT2D eigenvalue weighted by atomic mass is 9.99. The zero-order valence-electron chi connectivity index (χ0n) is 12.5. The number of benzene rings is 1. The van der Waals surface area contributed by atoms with Crippen LogP contribution in [0.4, 0.5) is 0 Å². The Hall–Kier alpha value is -2.63. The highest BCUT2D eigenvalue weighted by Crippen LogP contribution is 2.16. The number of carbonyl (C=O) groups is 3. The summed E-state index contributed by atoms with van der Waals surface area (Å²) in [6.07, 6.45) is 0.416. The van der Waals surface area contributed by atoms with E-state index in [2.05, 4.69) is 6.58 Å². The van der Waals surface area contributed by atoms with Crippen LogP contribution in [0.2, 0.25) is 0 Å². The first-order valence-electron chi connectivity index (χ1n) is 6.72. The van der Waals surface area contributed by atoms with E-state index in [1.807, 2.05) is 6.92 Å². The zero-order chi connectivity index (χ0) is 16.9. The number of esters is 1. The normalized spacial score (nSPS) is 11.5. The Morgan fingerprint density at radius 2 is 1.77 bits per heavy atom. The van der Waals surface area contributed by atoms with Gasteiger partial charge in [0.25, 0.3) is 0 Å². The Kier molecular flexibility index (Phi) is 5.86. The van der Waals surface area contributed by atoms with E-state index in [0.717, 1.165) is 0 Å². The summed E-state index contributed by atoms with van der Waals surface area (Å²) in [5, 5.41) is 18.1. The highest BCUT2D eigenvalue weighted by Gasteiger charge is 2.19. The van der Waals surface area contributed by atoms with Gasteiger partial charge in [-0.2, -0.15) is 0 Å². The molecule has 0 amide bonds. The van der Waals surface area contributed by atoms with Crippen LogP contribution in [0, 0.1) is 0 Å². The monoisotopic (exact) mass is 306 g/mol. The van der Waals surface area contributed by atoms with Crippen LogP contribution in [-0.2, 0) is 16.0 Å². The molecule has 0 aliphatic heterocycles. The topological polar surface area (TPSA) is 101 Å². The van der Waals surface area contributed by atoms with Gasteiger partial charge in [-0.15, -0.1) is 0 Å². The summed E-state index contributed by atoms with van der Waals surface area (Å²) in [6.45, 7) is 6.87. The fraction of sp³-hybridized carbons (Fsp3) is 0.312. The van der Waals surface area contributed by atoms with Crippen molar-refractivity contribution in [3.63, 3.8) is 0 Å². The minimum absolute atomic E-state index is 0.275. The maximum atomic E-state index is 11.5.